The molecule has 2 aliphatic rings. The van der Waals surface area contributed by atoms with Gasteiger partial charge in [-0.05, 0) is 19.9 Å². The third-order valence-electron chi connectivity index (χ3n) is 4.64. The second-order valence-corrected chi connectivity index (χ2v) is 11.9. The van der Waals surface area contributed by atoms with Gasteiger partial charge in [-0.2, -0.15) is 0 Å². The third-order valence-corrected chi connectivity index (χ3v) is 8.51. The van der Waals surface area contributed by atoms with Crippen molar-refractivity contribution < 1.29 is 32.3 Å². The van der Waals surface area contributed by atoms with E-state index in [0.717, 1.165) is 34.3 Å². The Morgan fingerprint density at radius 2 is 2.04 bits per heavy atom. The molecule has 154 valence electrons. The molecule has 0 radical (unpaired) electrons. The lowest BCUT2D eigenvalue weighted by molar-refractivity contribution is -0.182. The Labute approximate surface area is 168 Å². The van der Waals surface area contributed by atoms with Crippen LogP contribution in [-0.2, 0) is 24.2 Å². The Bertz CT molecular complexity index is 977. The quantitative estimate of drug-likeness (QED) is 0.421. The summed E-state index contributed by atoms with van der Waals surface area (Å²) in [6.45, 7) is 3.16. The number of thioether (sulfide) groups is 1. The van der Waals surface area contributed by atoms with Crippen molar-refractivity contribution in [2.24, 2.45) is 5.73 Å². The van der Waals surface area contributed by atoms with Crippen LogP contribution in [0.5, 0.6) is 0 Å². The van der Waals surface area contributed by atoms with Crippen LogP contribution in [-0.4, -0.2) is 64.4 Å². The number of rotatable bonds is 5. The molecule has 9 nitrogen and oxygen atoms in total. The van der Waals surface area contributed by atoms with Crippen LogP contribution >= 0.6 is 23.1 Å². The van der Waals surface area contributed by atoms with Gasteiger partial charge in [-0.15, -0.1) is 23.1 Å². The van der Waals surface area contributed by atoms with Crippen LogP contribution in [0.2, 0.25) is 0 Å². The molecule has 4 N–H and O–H groups in total. The van der Waals surface area contributed by atoms with Crippen molar-refractivity contribution in [3.05, 3.63) is 16.3 Å². The standard InChI is InChI=1S/C15H18FN3O6S3/c1-14(2)9(11(21)22)19-12(23)15(16,13(19)27-14)18-10(20)8(17)7-4-6(5-26-7)28(3,24)25/h4-5,8-9,13H,17H2,1-3H3,(H,18,20)(H,21,22)/t8?,9-,13+,15?/m0/s1. The molecule has 28 heavy (non-hydrogen) atoms. The van der Waals surface area contributed by atoms with Gasteiger partial charge in [0.25, 0.3) is 11.7 Å². The first-order valence-electron chi connectivity index (χ1n) is 7.98. The number of nitrogens with zero attached hydrogens (tertiary/aromatic N) is 1. The molecule has 0 bridgehead atoms. The fourth-order valence-corrected chi connectivity index (χ4v) is 6.81. The summed E-state index contributed by atoms with van der Waals surface area (Å²) >= 11 is 1.86. The maximum atomic E-state index is 15.3. The highest BCUT2D eigenvalue weighted by Crippen LogP contribution is 2.55. The molecule has 13 heteroatoms. The number of amides is 2. The topological polar surface area (TPSA) is 147 Å². The normalized spacial score (nSPS) is 29.8. The van der Waals surface area contributed by atoms with E-state index in [4.69, 9.17) is 5.73 Å². The molecule has 0 spiro atoms. The van der Waals surface area contributed by atoms with Crippen molar-refractivity contribution in [3.63, 3.8) is 0 Å². The summed E-state index contributed by atoms with van der Waals surface area (Å²) in [6, 6.07) is -1.39. The van der Waals surface area contributed by atoms with Crippen molar-refractivity contribution in [3.8, 4) is 0 Å². The highest BCUT2D eigenvalue weighted by atomic mass is 32.2. The molecular formula is C15H18FN3O6S3. The molecule has 1 aromatic rings. The average Bonchev–Trinajstić information content (AvgIpc) is 3.15. The second-order valence-electron chi connectivity index (χ2n) is 7.16. The van der Waals surface area contributed by atoms with Crippen molar-refractivity contribution in [2.75, 3.05) is 6.26 Å². The molecule has 2 fully saturated rings. The summed E-state index contributed by atoms with van der Waals surface area (Å²) < 4.78 is 37.4. The number of carbonyl (C=O) groups excluding carboxylic acids is 2. The summed E-state index contributed by atoms with van der Waals surface area (Å²) in [5.41, 5.74) is 5.80. The zero-order chi connectivity index (χ0) is 21.2. The zero-order valence-electron chi connectivity index (χ0n) is 15.0. The van der Waals surface area contributed by atoms with Gasteiger partial charge >= 0.3 is 5.97 Å². The van der Waals surface area contributed by atoms with Crippen LogP contribution in [0, 0.1) is 0 Å². The van der Waals surface area contributed by atoms with E-state index in [1.807, 2.05) is 5.32 Å². The Hall–Kier alpha value is -1.70. The summed E-state index contributed by atoms with van der Waals surface area (Å²) in [5.74, 6) is -6.19. The minimum absolute atomic E-state index is 0.0194. The number of sulfone groups is 1. The number of carbonyl (C=O) groups is 3. The molecule has 2 aliphatic heterocycles. The number of thiophene rings is 1. The molecule has 2 saturated heterocycles. The van der Waals surface area contributed by atoms with Crippen molar-refractivity contribution in [1.82, 2.24) is 10.2 Å². The smallest absolute Gasteiger partial charge is 0.327 e. The number of halogens is 1. The molecule has 4 atom stereocenters. The Kier molecular flexibility index (Phi) is 4.81. The minimum atomic E-state index is -3.49. The van der Waals surface area contributed by atoms with Gasteiger partial charge in [0.05, 0.1) is 4.90 Å². The predicted octanol–water partition coefficient (Wildman–Crippen LogP) is 0.0803. The number of carboxylic acid groups (broad SMARTS) is 1. The lowest BCUT2D eigenvalue weighted by atomic mass is 9.94. The number of β-lactam (4-membered cyclic amide) rings is 1. The van der Waals surface area contributed by atoms with E-state index in [0.29, 0.717) is 0 Å². The van der Waals surface area contributed by atoms with E-state index in [-0.39, 0.29) is 9.77 Å². The maximum Gasteiger partial charge on any atom is 0.327 e. The van der Waals surface area contributed by atoms with E-state index in [2.05, 4.69) is 0 Å². The Morgan fingerprint density at radius 3 is 2.54 bits per heavy atom. The van der Waals surface area contributed by atoms with Gasteiger partial charge in [0.1, 0.15) is 17.5 Å². The van der Waals surface area contributed by atoms with Crippen LogP contribution in [0.3, 0.4) is 0 Å². The van der Waals surface area contributed by atoms with E-state index in [9.17, 15) is 27.9 Å². The van der Waals surface area contributed by atoms with Crippen molar-refractivity contribution >= 4 is 50.7 Å². The highest BCUT2D eigenvalue weighted by Gasteiger charge is 2.73. The molecule has 1 aromatic heterocycles. The summed E-state index contributed by atoms with van der Waals surface area (Å²) in [4.78, 5) is 37.3. The first-order chi connectivity index (χ1) is 12.7. The van der Waals surface area contributed by atoms with Gasteiger partial charge in [0.15, 0.2) is 9.84 Å². The van der Waals surface area contributed by atoms with E-state index >= 15 is 4.39 Å². The maximum absolute atomic E-state index is 15.3. The van der Waals surface area contributed by atoms with Crippen LogP contribution < -0.4 is 11.1 Å². The lowest BCUT2D eigenvalue weighted by Gasteiger charge is -2.47. The SMILES string of the molecule is CC1(C)S[C@H]2N(C(=O)C2(F)NC(=O)C(N)c2cc(S(C)(=O)=O)cs2)[C@H]1C(=O)O. The number of aliphatic carboxylic acids is 1. The average molecular weight is 452 g/mol. The molecule has 2 amide bonds. The summed E-state index contributed by atoms with van der Waals surface area (Å²) in [7, 11) is -3.49. The Balaban J connectivity index is 1.78. The fourth-order valence-electron chi connectivity index (χ4n) is 3.21. The minimum Gasteiger partial charge on any atom is -0.480 e. The van der Waals surface area contributed by atoms with E-state index in [1.54, 1.807) is 13.8 Å². The van der Waals surface area contributed by atoms with E-state index < -0.39 is 55.6 Å². The van der Waals surface area contributed by atoms with E-state index in [1.165, 1.54) is 11.4 Å². The van der Waals surface area contributed by atoms with Gasteiger partial charge < -0.3 is 21.1 Å². The Morgan fingerprint density at radius 1 is 1.43 bits per heavy atom. The van der Waals surface area contributed by atoms with Gasteiger partial charge in [-0.1, -0.05) is 0 Å². The molecule has 0 aliphatic carbocycles. The molecular weight excluding hydrogens is 433 g/mol. The van der Waals surface area contributed by atoms with Crippen molar-refractivity contribution in [2.45, 2.75) is 46.7 Å². The van der Waals surface area contributed by atoms with Gasteiger partial charge in [-0.3, -0.25) is 9.59 Å². The summed E-state index contributed by atoms with van der Waals surface area (Å²) in [6.07, 6.45) is 1.00. The number of hydrogen-bond acceptors (Lipinski definition) is 8. The summed E-state index contributed by atoms with van der Waals surface area (Å²) in [5, 5.41) is 11.5. The number of fused-ring (bicyclic) bond motifs is 1. The van der Waals surface area contributed by atoms with Crippen molar-refractivity contribution in [1.29, 1.82) is 0 Å². The van der Waals surface area contributed by atoms with Gasteiger partial charge in [0, 0.05) is 21.3 Å². The molecule has 3 heterocycles. The molecule has 3 rings (SSSR count). The zero-order valence-corrected chi connectivity index (χ0v) is 17.5. The number of nitrogens with two attached hydrogens (primary N) is 1. The third kappa shape index (κ3) is 3.09. The lowest BCUT2D eigenvalue weighted by Crippen LogP contribution is -2.77. The van der Waals surface area contributed by atoms with Gasteiger partial charge in [0.2, 0.25) is 5.91 Å². The first-order valence-corrected chi connectivity index (χ1v) is 11.6. The molecule has 0 saturated carbocycles. The monoisotopic (exact) mass is 451 g/mol. The molecule has 0 aromatic carbocycles. The largest absolute Gasteiger partial charge is 0.480 e. The van der Waals surface area contributed by atoms with Crippen LogP contribution in [0.4, 0.5) is 4.39 Å². The first kappa shape index (κ1) is 21.0. The van der Waals surface area contributed by atoms with Crippen LogP contribution in [0.15, 0.2) is 16.3 Å². The van der Waals surface area contributed by atoms with Crippen LogP contribution in [0.1, 0.15) is 24.8 Å². The van der Waals surface area contributed by atoms with Gasteiger partial charge in [-0.25, -0.2) is 17.6 Å². The highest BCUT2D eigenvalue weighted by molar-refractivity contribution is 8.01. The molecule has 2 unspecified atom stereocenters. The number of hydrogen-bond donors (Lipinski definition) is 3. The number of alkyl halides is 1. The second kappa shape index (κ2) is 6.40. The number of carboxylic acids is 1. The van der Waals surface area contributed by atoms with Crippen LogP contribution in [0.25, 0.3) is 0 Å². The number of nitrogens with one attached hydrogen (secondary N) is 1. The fraction of sp³-hybridized carbons (Fsp3) is 0.533. The predicted molar refractivity (Wildman–Crippen MR) is 100 cm³/mol.